The topological polar surface area (TPSA) is 109 Å². The Morgan fingerprint density at radius 3 is 2.02 bits per heavy atom. The fourth-order valence-corrected chi connectivity index (χ4v) is 4.67. The lowest BCUT2D eigenvalue weighted by Gasteiger charge is -2.29. The number of nitrogens with zero attached hydrogens (tertiary/aromatic N) is 4. The number of pyridine rings is 1. The van der Waals surface area contributed by atoms with E-state index in [1.165, 1.54) is 15.9 Å². The summed E-state index contributed by atoms with van der Waals surface area (Å²) in [6, 6.07) is 4.83. The Bertz CT molecular complexity index is 1370. The van der Waals surface area contributed by atoms with Crippen molar-refractivity contribution < 1.29 is 28.7 Å². The molecule has 0 unspecified atom stereocenters. The number of fused-ring (bicyclic) bond motifs is 1. The van der Waals surface area contributed by atoms with Gasteiger partial charge in [0.2, 0.25) is 5.91 Å². The smallest absolute Gasteiger partial charge is 0.420 e. The molecule has 1 aliphatic rings. The number of aryl methyl sites for hydroxylation is 1. The van der Waals surface area contributed by atoms with E-state index in [2.05, 4.69) is 4.98 Å². The molecule has 1 aliphatic heterocycles. The molecule has 2 aromatic rings. The van der Waals surface area contributed by atoms with Crippen molar-refractivity contribution in [3.8, 4) is 11.1 Å². The third-order valence-electron chi connectivity index (χ3n) is 5.99. The number of hydrogen-bond acceptors (Lipinski definition) is 7. The summed E-state index contributed by atoms with van der Waals surface area (Å²) in [5.74, 6) is -0.679. The largest absolute Gasteiger partial charge is 0.443 e. The molecular formula is C29H36Cl2N4O6. The van der Waals surface area contributed by atoms with E-state index in [4.69, 9.17) is 32.7 Å². The Balaban J connectivity index is 2.23. The van der Waals surface area contributed by atoms with E-state index in [9.17, 15) is 19.2 Å². The number of benzene rings is 1. The maximum Gasteiger partial charge on any atom is 0.420 e. The van der Waals surface area contributed by atoms with Crippen molar-refractivity contribution in [1.29, 1.82) is 0 Å². The number of rotatable bonds is 5. The zero-order chi connectivity index (χ0) is 31.0. The van der Waals surface area contributed by atoms with Crippen LogP contribution in [0.15, 0.2) is 18.2 Å². The highest BCUT2D eigenvalue weighted by Gasteiger charge is 2.38. The van der Waals surface area contributed by atoms with Crippen LogP contribution in [0.3, 0.4) is 0 Å². The molecule has 0 fully saturated rings. The van der Waals surface area contributed by atoms with E-state index in [1.807, 2.05) is 0 Å². The molecule has 0 saturated carbocycles. The minimum absolute atomic E-state index is 0.106. The van der Waals surface area contributed by atoms with Crippen LogP contribution in [0, 0.1) is 6.92 Å². The quantitative estimate of drug-likeness (QED) is 0.405. The van der Waals surface area contributed by atoms with E-state index in [0.717, 1.165) is 4.90 Å². The van der Waals surface area contributed by atoms with E-state index in [-0.39, 0.29) is 36.1 Å². The number of carbonyl (C=O) groups is 4. The first-order valence-electron chi connectivity index (χ1n) is 13.0. The molecule has 4 amide bonds. The number of ether oxygens (including phenoxy) is 2. The number of hydrogen-bond donors (Lipinski definition) is 0. The van der Waals surface area contributed by atoms with E-state index in [0.29, 0.717) is 33.1 Å². The van der Waals surface area contributed by atoms with Crippen molar-refractivity contribution in [2.24, 2.45) is 0 Å². The summed E-state index contributed by atoms with van der Waals surface area (Å²) in [6.07, 6.45) is -1.85. The van der Waals surface area contributed by atoms with Gasteiger partial charge in [0.15, 0.2) is 0 Å². The second kappa shape index (κ2) is 11.9. The number of carbonyl (C=O) groups excluding carboxylic acids is 4. The Labute approximate surface area is 250 Å². The SMILES string of the molecule is Cc1nc2c(c(-c3ccc(Cl)cc3Cl)c1CN(C(=O)OC(C)(C)C)C(=O)OC(C)(C)C)C(=O)N(CC(=O)N(C)C)C2. The fraction of sp³-hybridized carbons (Fsp3) is 0.483. The molecule has 0 bridgehead atoms. The molecular weight excluding hydrogens is 571 g/mol. The minimum atomic E-state index is -0.927. The monoisotopic (exact) mass is 606 g/mol. The molecule has 0 atom stereocenters. The highest BCUT2D eigenvalue weighted by molar-refractivity contribution is 6.36. The van der Waals surface area contributed by atoms with Crippen LogP contribution < -0.4 is 0 Å². The van der Waals surface area contributed by atoms with Gasteiger partial charge in [-0.15, -0.1) is 0 Å². The molecule has 0 aliphatic carbocycles. The number of amides is 4. The normalized spacial score (nSPS) is 13.1. The molecule has 1 aromatic carbocycles. The Morgan fingerprint density at radius 2 is 1.54 bits per heavy atom. The highest BCUT2D eigenvalue weighted by Crippen LogP contribution is 2.40. The van der Waals surface area contributed by atoms with Crippen molar-refractivity contribution in [1.82, 2.24) is 19.7 Å². The van der Waals surface area contributed by atoms with Gasteiger partial charge in [0.05, 0.1) is 24.3 Å². The first-order chi connectivity index (χ1) is 18.8. The molecule has 2 heterocycles. The third-order valence-corrected chi connectivity index (χ3v) is 6.54. The number of aromatic nitrogens is 1. The lowest BCUT2D eigenvalue weighted by atomic mass is 9.92. The van der Waals surface area contributed by atoms with Gasteiger partial charge in [-0.05, 0) is 60.6 Å². The van der Waals surface area contributed by atoms with Crippen LogP contribution >= 0.6 is 23.2 Å². The lowest BCUT2D eigenvalue weighted by Crippen LogP contribution is -2.43. The molecule has 222 valence electrons. The van der Waals surface area contributed by atoms with Crippen LogP contribution in [0.4, 0.5) is 9.59 Å². The average Bonchev–Trinajstić information content (AvgIpc) is 3.09. The first-order valence-corrected chi connectivity index (χ1v) is 13.8. The van der Waals surface area contributed by atoms with Crippen molar-refractivity contribution in [3.63, 3.8) is 0 Å². The first kappa shape index (κ1) is 32.1. The molecule has 12 heteroatoms. The van der Waals surface area contributed by atoms with Gasteiger partial charge in [-0.25, -0.2) is 14.5 Å². The maximum absolute atomic E-state index is 13.8. The molecule has 10 nitrogen and oxygen atoms in total. The molecule has 41 heavy (non-hydrogen) atoms. The van der Waals surface area contributed by atoms with Gasteiger partial charge in [-0.3, -0.25) is 14.6 Å². The van der Waals surface area contributed by atoms with Crippen molar-refractivity contribution in [3.05, 3.63) is 50.8 Å². The second-order valence-corrected chi connectivity index (χ2v) is 12.8. The second-order valence-electron chi connectivity index (χ2n) is 12.0. The van der Waals surface area contributed by atoms with E-state index < -0.39 is 29.3 Å². The fourth-order valence-electron chi connectivity index (χ4n) is 4.17. The van der Waals surface area contributed by atoms with Gasteiger partial charge < -0.3 is 19.3 Å². The molecule has 0 saturated heterocycles. The van der Waals surface area contributed by atoms with Crippen molar-refractivity contribution >= 4 is 47.2 Å². The summed E-state index contributed by atoms with van der Waals surface area (Å²) in [5.41, 5.74) is 0.556. The van der Waals surface area contributed by atoms with Gasteiger partial charge >= 0.3 is 12.2 Å². The number of likely N-dealkylation sites (N-methyl/N-ethyl adjacent to an activating group) is 1. The molecule has 0 spiro atoms. The van der Waals surface area contributed by atoms with Gasteiger partial charge in [0, 0.05) is 46.5 Å². The van der Waals surface area contributed by atoms with Crippen molar-refractivity contribution in [2.75, 3.05) is 20.6 Å². The van der Waals surface area contributed by atoms with Crippen LogP contribution in [0.5, 0.6) is 0 Å². The van der Waals surface area contributed by atoms with Gasteiger partial charge in [-0.1, -0.05) is 29.3 Å². The molecule has 3 rings (SSSR count). The summed E-state index contributed by atoms with van der Waals surface area (Å²) in [5, 5.41) is 0.639. The lowest BCUT2D eigenvalue weighted by molar-refractivity contribution is -0.129. The summed E-state index contributed by atoms with van der Waals surface area (Å²) in [7, 11) is 3.22. The zero-order valence-electron chi connectivity index (χ0n) is 24.8. The molecule has 1 aromatic heterocycles. The summed E-state index contributed by atoms with van der Waals surface area (Å²) in [6.45, 7) is 11.4. The average molecular weight is 608 g/mol. The molecule has 0 radical (unpaired) electrons. The Hall–Kier alpha value is -3.37. The van der Waals surface area contributed by atoms with Gasteiger partial charge in [-0.2, -0.15) is 0 Å². The van der Waals surface area contributed by atoms with Crippen LogP contribution in [-0.4, -0.2) is 75.5 Å². The van der Waals surface area contributed by atoms with Crippen LogP contribution in [0.2, 0.25) is 10.0 Å². The predicted octanol–water partition coefficient (Wildman–Crippen LogP) is 6.08. The van der Waals surface area contributed by atoms with E-state index in [1.54, 1.807) is 74.7 Å². The number of halogens is 2. The van der Waals surface area contributed by atoms with Crippen LogP contribution in [0.1, 0.15) is 68.9 Å². The summed E-state index contributed by atoms with van der Waals surface area (Å²) >= 11 is 12.8. The van der Waals surface area contributed by atoms with Gasteiger partial charge in [0.1, 0.15) is 17.7 Å². The maximum atomic E-state index is 13.8. The predicted molar refractivity (Wildman–Crippen MR) is 156 cm³/mol. The van der Waals surface area contributed by atoms with Gasteiger partial charge in [0.25, 0.3) is 5.91 Å². The Kier molecular flexibility index (Phi) is 9.30. The van der Waals surface area contributed by atoms with Crippen molar-refractivity contribution in [2.45, 2.75) is 72.8 Å². The Morgan fingerprint density at radius 1 is 0.976 bits per heavy atom. The third kappa shape index (κ3) is 7.68. The standard InChI is InChI=1S/C29H36Cl2N4O6/c1-16-19(13-35(26(38)40-28(2,3)4)27(39)41-29(5,6)7)23(18-11-10-17(30)12-20(18)31)24-21(32-16)14-34(25(24)37)15-22(36)33(8)9/h10-12H,13-15H2,1-9H3. The zero-order valence-corrected chi connectivity index (χ0v) is 26.4. The summed E-state index contributed by atoms with van der Waals surface area (Å²) < 4.78 is 11.1. The number of imide groups is 1. The summed E-state index contributed by atoms with van der Waals surface area (Å²) in [4.78, 5) is 61.2. The van der Waals surface area contributed by atoms with Crippen LogP contribution in [0.25, 0.3) is 11.1 Å². The highest BCUT2D eigenvalue weighted by atomic mass is 35.5. The van der Waals surface area contributed by atoms with E-state index >= 15 is 0 Å². The van der Waals surface area contributed by atoms with Crippen LogP contribution in [-0.2, 0) is 27.4 Å². The minimum Gasteiger partial charge on any atom is -0.443 e. The molecule has 0 N–H and O–H groups in total.